The molecule has 0 amide bonds. The lowest BCUT2D eigenvalue weighted by Gasteiger charge is -2.38. The van der Waals surface area contributed by atoms with Gasteiger partial charge in [-0.3, -0.25) is 4.79 Å². The monoisotopic (exact) mass is 310 g/mol. The molecule has 0 aliphatic carbocycles. The van der Waals surface area contributed by atoms with Crippen LogP contribution in [0, 0.1) is 18.7 Å². The zero-order valence-corrected chi connectivity index (χ0v) is 12.8. The molecule has 21 heavy (non-hydrogen) atoms. The number of ketones is 1. The SMILES string of the molecule is Cc1cc(C(=O)C2CC3CCCC(C2)S3(=O)=O)ccc1F. The average Bonchev–Trinajstić information content (AvgIpc) is 2.40. The Bertz CT molecular complexity index is 661. The van der Waals surface area contributed by atoms with E-state index in [0.29, 0.717) is 36.8 Å². The molecule has 2 aliphatic heterocycles. The van der Waals surface area contributed by atoms with Crippen molar-refractivity contribution in [2.24, 2.45) is 5.92 Å². The molecule has 2 atom stereocenters. The number of halogens is 1. The molecule has 3 rings (SSSR count). The summed E-state index contributed by atoms with van der Waals surface area (Å²) in [4.78, 5) is 12.6. The van der Waals surface area contributed by atoms with Crippen LogP contribution in [0.5, 0.6) is 0 Å². The number of hydrogen-bond acceptors (Lipinski definition) is 3. The van der Waals surface area contributed by atoms with Crippen LogP contribution in [-0.2, 0) is 9.84 Å². The maximum absolute atomic E-state index is 13.3. The van der Waals surface area contributed by atoms with E-state index >= 15 is 0 Å². The fourth-order valence-electron chi connectivity index (χ4n) is 3.66. The highest BCUT2D eigenvalue weighted by molar-refractivity contribution is 7.92. The minimum Gasteiger partial charge on any atom is -0.294 e. The second-order valence-electron chi connectivity index (χ2n) is 6.26. The minimum absolute atomic E-state index is 0.0371. The van der Waals surface area contributed by atoms with Gasteiger partial charge >= 0.3 is 0 Å². The van der Waals surface area contributed by atoms with Gasteiger partial charge in [-0.05, 0) is 56.4 Å². The first-order chi connectivity index (χ1) is 9.89. The first-order valence-corrected chi connectivity index (χ1v) is 9.03. The molecule has 0 aromatic heterocycles. The molecule has 2 aliphatic rings. The first kappa shape index (κ1) is 14.7. The van der Waals surface area contributed by atoms with Crippen LogP contribution in [0.1, 0.15) is 48.0 Å². The van der Waals surface area contributed by atoms with E-state index in [1.807, 2.05) is 0 Å². The zero-order chi connectivity index (χ0) is 15.2. The Labute approximate surface area is 124 Å². The topological polar surface area (TPSA) is 51.2 Å². The summed E-state index contributed by atoms with van der Waals surface area (Å²) in [6.45, 7) is 1.63. The summed E-state index contributed by atoms with van der Waals surface area (Å²) in [5.41, 5.74) is 0.945. The van der Waals surface area contributed by atoms with Gasteiger partial charge in [0, 0.05) is 11.5 Å². The quantitative estimate of drug-likeness (QED) is 0.789. The van der Waals surface area contributed by atoms with E-state index in [-0.39, 0.29) is 28.0 Å². The number of Topliss-reactive ketones (excluding diaryl/α,β-unsaturated/α-hetero) is 1. The van der Waals surface area contributed by atoms with Crippen LogP contribution in [0.3, 0.4) is 0 Å². The van der Waals surface area contributed by atoms with Crippen LogP contribution in [0.25, 0.3) is 0 Å². The zero-order valence-electron chi connectivity index (χ0n) is 12.0. The van der Waals surface area contributed by atoms with Crippen LogP contribution < -0.4 is 0 Å². The summed E-state index contributed by atoms with van der Waals surface area (Å²) in [6.07, 6.45) is 3.13. The molecule has 0 saturated carbocycles. The second kappa shape index (κ2) is 5.20. The molecular formula is C16H19FO3S. The van der Waals surface area contributed by atoms with E-state index in [1.165, 1.54) is 12.1 Å². The number of rotatable bonds is 2. The molecule has 5 heteroatoms. The summed E-state index contributed by atoms with van der Waals surface area (Å²) in [5.74, 6) is -0.603. The molecule has 2 unspecified atom stereocenters. The highest BCUT2D eigenvalue weighted by Gasteiger charge is 2.46. The summed E-state index contributed by atoms with van der Waals surface area (Å²) < 4.78 is 37.8. The fourth-order valence-corrected chi connectivity index (χ4v) is 6.19. The number of carbonyl (C=O) groups excluding carboxylic acids is 1. The van der Waals surface area contributed by atoms with Gasteiger partial charge in [0.15, 0.2) is 15.6 Å². The third-order valence-corrected chi connectivity index (χ3v) is 7.60. The van der Waals surface area contributed by atoms with Gasteiger partial charge in [-0.1, -0.05) is 6.42 Å². The second-order valence-corrected chi connectivity index (χ2v) is 8.77. The van der Waals surface area contributed by atoms with Crippen LogP contribution in [0.4, 0.5) is 4.39 Å². The standard InChI is InChI=1S/C16H19FO3S/c1-10-7-11(5-6-15(10)17)16(18)12-8-13-3-2-4-14(9-12)21(13,19)20/h5-7,12-14H,2-4,8-9H2,1H3. The Balaban J connectivity index is 1.85. The molecule has 0 spiro atoms. The maximum Gasteiger partial charge on any atom is 0.166 e. The van der Waals surface area contributed by atoms with Gasteiger partial charge in [0.05, 0.1) is 10.5 Å². The molecule has 1 aromatic carbocycles. The molecule has 0 N–H and O–H groups in total. The van der Waals surface area contributed by atoms with Gasteiger partial charge in [0.2, 0.25) is 0 Å². The molecule has 1 aromatic rings. The summed E-state index contributed by atoms with van der Waals surface area (Å²) in [7, 11) is -3.04. The number of sulfone groups is 1. The van der Waals surface area contributed by atoms with Crippen molar-refractivity contribution in [3.8, 4) is 0 Å². The van der Waals surface area contributed by atoms with Crippen molar-refractivity contribution in [2.75, 3.05) is 0 Å². The largest absolute Gasteiger partial charge is 0.294 e. The lowest BCUT2D eigenvalue weighted by molar-refractivity contribution is 0.0894. The lowest BCUT2D eigenvalue weighted by atomic mass is 9.84. The Kier molecular flexibility index (Phi) is 3.64. The average molecular weight is 310 g/mol. The van der Waals surface area contributed by atoms with Gasteiger partial charge in [0.25, 0.3) is 0 Å². The van der Waals surface area contributed by atoms with Crippen molar-refractivity contribution >= 4 is 15.6 Å². The third-order valence-electron chi connectivity index (χ3n) is 4.89. The molecule has 114 valence electrons. The van der Waals surface area contributed by atoms with Crippen molar-refractivity contribution in [1.82, 2.24) is 0 Å². The number of benzene rings is 1. The summed E-state index contributed by atoms with van der Waals surface area (Å²) in [5, 5.41) is -0.721. The molecule has 3 nitrogen and oxygen atoms in total. The lowest BCUT2D eigenvalue weighted by Crippen LogP contribution is -2.45. The molecular weight excluding hydrogens is 291 g/mol. The number of hydrogen-bond donors (Lipinski definition) is 0. The molecule has 2 heterocycles. The van der Waals surface area contributed by atoms with Crippen molar-refractivity contribution in [3.63, 3.8) is 0 Å². The minimum atomic E-state index is -3.04. The van der Waals surface area contributed by atoms with Crippen LogP contribution in [0.15, 0.2) is 18.2 Å². The van der Waals surface area contributed by atoms with Gasteiger partial charge in [-0.25, -0.2) is 12.8 Å². The maximum atomic E-state index is 13.3. The van der Waals surface area contributed by atoms with Crippen molar-refractivity contribution < 1.29 is 17.6 Å². The first-order valence-electron chi connectivity index (χ1n) is 7.42. The van der Waals surface area contributed by atoms with E-state index in [4.69, 9.17) is 0 Å². The van der Waals surface area contributed by atoms with E-state index in [2.05, 4.69) is 0 Å². The molecule has 2 bridgehead atoms. The smallest absolute Gasteiger partial charge is 0.166 e. The third kappa shape index (κ3) is 2.52. The highest BCUT2D eigenvalue weighted by atomic mass is 32.2. The Morgan fingerprint density at radius 3 is 2.38 bits per heavy atom. The number of fused-ring (bicyclic) bond motifs is 2. The Morgan fingerprint density at radius 1 is 1.19 bits per heavy atom. The normalized spacial score (nSPS) is 30.9. The van der Waals surface area contributed by atoms with E-state index in [1.54, 1.807) is 13.0 Å². The molecule has 2 saturated heterocycles. The van der Waals surface area contributed by atoms with Crippen LogP contribution in [-0.4, -0.2) is 24.7 Å². The van der Waals surface area contributed by atoms with Gasteiger partial charge in [0.1, 0.15) is 5.82 Å². The van der Waals surface area contributed by atoms with Crippen LogP contribution in [0.2, 0.25) is 0 Å². The van der Waals surface area contributed by atoms with Crippen molar-refractivity contribution in [1.29, 1.82) is 0 Å². The van der Waals surface area contributed by atoms with E-state index in [0.717, 1.165) is 6.42 Å². The number of carbonyl (C=O) groups is 1. The van der Waals surface area contributed by atoms with Gasteiger partial charge in [-0.2, -0.15) is 0 Å². The summed E-state index contributed by atoms with van der Waals surface area (Å²) in [6, 6.07) is 4.38. The summed E-state index contributed by atoms with van der Waals surface area (Å²) >= 11 is 0. The van der Waals surface area contributed by atoms with Crippen molar-refractivity contribution in [3.05, 3.63) is 35.1 Å². The van der Waals surface area contributed by atoms with E-state index in [9.17, 15) is 17.6 Å². The molecule has 2 fully saturated rings. The highest BCUT2D eigenvalue weighted by Crippen LogP contribution is 2.40. The van der Waals surface area contributed by atoms with Crippen molar-refractivity contribution in [2.45, 2.75) is 49.5 Å². The predicted octanol–water partition coefficient (Wildman–Crippen LogP) is 3.06. The van der Waals surface area contributed by atoms with Crippen LogP contribution >= 0.6 is 0 Å². The van der Waals surface area contributed by atoms with Gasteiger partial charge < -0.3 is 0 Å². The number of aryl methyl sites for hydroxylation is 1. The Morgan fingerprint density at radius 2 is 1.81 bits per heavy atom. The molecule has 0 radical (unpaired) electrons. The van der Waals surface area contributed by atoms with Gasteiger partial charge in [-0.15, -0.1) is 0 Å². The fraction of sp³-hybridized carbons (Fsp3) is 0.562. The Hall–Kier alpha value is -1.23. The van der Waals surface area contributed by atoms with E-state index < -0.39 is 9.84 Å². The predicted molar refractivity (Wildman–Crippen MR) is 78.5 cm³/mol.